The van der Waals surface area contributed by atoms with E-state index in [2.05, 4.69) is 20.6 Å². The van der Waals surface area contributed by atoms with Crippen molar-refractivity contribution < 1.29 is 4.79 Å². The first-order valence-corrected chi connectivity index (χ1v) is 6.74. The molecule has 0 atom stereocenters. The van der Waals surface area contributed by atoms with Gasteiger partial charge in [0.2, 0.25) is 0 Å². The summed E-state index contributed by atoms with van der Waals surface area (Å²) in [6, 6.07) is 9.04. The molecule has 0 saturated carbocycles. The third-order valence-corrected chi connectivity index (χ3v) is 3.23. The second kappa shape index (κ2) is 5.32. The highest BCUT2D eigenvalue weighted by Crippen LogP contribution is 2.15. The van der Waals surface area contributed by atoms with Gasteiger partial charge in [-0.05, 0) is 43.7 Å². The average molecular weight is 281 g/mol. The molecule has 2 heterocycles. The number of fused-ring (bicyclic) bond motifs is 1. The van der Waals surface area contributed by atoms with Crippen molar-refractivity contribution in [3.63, 3.8) is 0 Å². The van der Waals surface area contributed by atoms with E-state index < -0.39 is 0 Å². The average Bonchev–Trinajstić information content (AvgIpc) is 2.91. The number of hydrogen-bond donors (Lipinski definition) is 1. The van der Waals surface area contributed by atoms with Gasteiger partial charge in [-0.2, -0.15) is 0 Å². The van der Waals surface area contributed by atoms with E-state index in [1.807, 2.05) is 26.0 Å². The molecule has 0 saturated heterocycles. The normalized spacial score (nSPS) is 10.8. The number of carbonyl (C=O) groups excluding carboxylic acids is 1. The summed E-state index contributed by atoms with van der Waals surface area (Å²) in [5, 5.41) is 10.9. The zero-order valence-electron chi connectivity index (χ0n) is 11.9. The van der Waals surface area contributed by atoms with Crippen molar-refractivity contribution in [2.24, 2.45) is 0 Å². The number of nitrogens with zero attached hydrogens (tertiary/aromatic N) is 4. The number of amides is 1. The van der Waals surface area contributed by atoms with E-state index in [9.17, 15) is 4.79 Å². The van der Waals surface area contributed by atoms with E-state index in [1.54, 1.807) is 29.1 Å². The summed E-state index contributed by atoms with van der Waals surface area (Å²) in [5.74, 6) is 0.321. The van der Waals surface area contributed by atoms with Gasteiger partial charge in [0.05, 0.1) is 5.52 Å². The predicted molar refractivity (Wildman–Crippen MR) is 80.1 cm³/mol. The highest BCUT2D eigenvalue weighted by atomic mass is 16.1. The molecular weight excluding hydrogens is 266 g/mol. The predicted octanol–water partition coefficient (Wildman–Crippen LogP) is 2.41. The summed E-state index contributed by atoms with van der Waals surface area (Å²) in [6.45, 7) is 4.69. The minimum absolute atomic E-state index is 0.209. The Kier molecular flexibility index (Phi) is 3.35. The zero-order chi connectivity index (χ0) is 14.8. The fraction of sp³-hybridized carbons (Fsp3) is 0.200. The highest BCUT2D eigenvalue weighted by molar-refractivity contribution is 6.05. The lowest BCUT2D eigenvalue weighted by Crippen LogP contribution is -2.12. The van der Waals surface area contributed by atoms with Crippen LogP contribution in [0.15, 0.2) is 36.5 Å². The SMILES string of the molecule is CCn1nnc2cc(C(=O)Nc3ccc(C)cn3)ccc21. The maximum Gasteiger partial charge on any atom is 0.256 e. The van der Waals surface area contributed by atoms with Gasteiger partial charge in [0.15, 0.2) is 0 Å². The first-order valence-electron chi connectivity index (χ1n) is 6.74. The maximum absolute atomic E-state index is 12.2. The van der Waals surface area contributed by atoms with Crippen LogP contribution >= 0.6 is 0 Å². The Hall–Kier alpha value is -2.76. The largest absolute Gasteiger partial charge is 0.307 e. The molecule has 0 fully saturated rings. The Labute approximate surface area is 121 Å². The number of aryl methyl sites for hydroxylation is 2. The van der Waals surface area contributed by atoms with Crippen molar-refractivity contribution in [2.75, 3.05) is 5.32 Å². The van der Waals surface area contributed by atoms with Crippen LogP contribution in [0.5, 0.6) is 0 Å². The molecule has 0 radical (unpaired) electrons. The Morgan fingerprint density at radius 3 is 2.86 bits per heavy atom. The Bertz CT molecular complexity index is 791. The summed E-state index contributed by atoms with van der Waals surface area (Å²) in [6.07, 6.45) is 1.71. The molecule has 0 unspecified atom stereocenters. The van der Waals surface area contributed by atoms with Gasteiger partial charge in [0.1, 0.15) is 11.3 Å². The van der Waals surface area contributed by atoms with E-state index in [1.165, 1.54) is 0 Å². The number of pyridine rings is 1. The molecule has 3 rings (SSSR count). The first-order chi connectivity index (χ1) is 10.2. The van der Waals surface area contributed by atoms with Crippen LogP contribution in [0.4, 0.5) is 5.82 Å². The van der Waals surface area contributed by atoms with Gasteiger partial charge in [-0.25, -0.2) is 9.67 Å². The summed E-state index contributed by atoms with van der Waals surface area (Å²) < 4.78 is 1.79. The summed E-state index contributed by atoms with van der Waals surface area (Å²) >= 11 is 0. The van der Waals surface area contributed by atoms with Gasteiger partial charge < -0.3 is 5.32 Å². The molecule has 21 heavy (non-hydrogen) atoms. The maximum atomic E-state index is 12.2. The molecule has 1 amide bonds. The minimum atomic E-state index is -0.209. The van der Waals surface area contributed by atoms with Crippen molar-refractivity contribution in [3.05, 3.63) is 47.7 Å². The summed E-state index contributed by atoms with van der Waals surface area (Å²) in [4.78, 5) is 16.4. The quantitative estimate of drug-likeness (QED) is 0.800. The Morgan fingerprint density at radius 1 is 1.29 bits per heavy atom. The number of aromatic nitrogens is 4. The van der Waals surface area contributed by atoms with Gasteiger partial charge in [-0.3, -0.25) is 4.79 Å². The molecule has 0 aliphatic rings. The number of benzene rings is 1. The van der Waals surface area contributed by atoms with Crippen LogP contribution in [0.2, 0.25) is 0 Å². The van der Waals surface area contributed by atoms with Crippen LogP contribution in [0, 0.1) is 6.92 Å². The van der Waals surface area contributed by atoms with Gasteiger partial charge in [0, 0.05) is 18.3 Å². The van der Waals surface area contributed by atoms with Crippen LogP contribution in [0.1, 0.15) is 22.8 Å². The van der Waals surface area contributed by atoms with Crippen molar-refractivity contribution in [3.8, 4) is 0 Å². The van der Waals surface area contributed by atoms with Crippen LogP contribution < -0.4 is 5.32 Å². The molecule has 3 aromatic rings. The molecule has 6 heteroatoms. The van der Waals surface area contributed by atoms with Crippen molar-refractivity contribution in [1.29, 1.82) is 0 Å². The molecular formula is C15H15N5O. The van der Waals surface area contributed by atoms with Gasteiger partial charge in [-0.1, -0.05) is 11.3 Å². The lowest BCUT2D eigenvalue weighted by Gasteiger charge is -2.05. The van der Waals surface area contributed by atoms with Gasteiger partial charge in [-0.15, -0.1) is 5.10 Å². The summed E-state index contributed by atoms with van der Waals surface area (Å²) in [7, 11) is 0. The number of anilines is 1. The second-order valence-electron chi connectivity index (χ2n) is 4.78. The van der Waals surface area contributed by atoms with E-state index in [4.69, 9.17) is 0 Å². The fourth-order valence-electron chi connectivity index (χ4n) is 2.08. The smallest absolute Gasteiger partial charge is 0.256 e. The Balaban J connectivity index is 1.85. The number of hydrogen-bond acceptors (Lipinski definition) is 4. The molecule has 0 spiro atoms. The van der Waals surface area contributed by atoms with Crippen molar-refractivity contribution in [2.45, 2.75) is 20.4 Å². The fourth-order valence-corrected chi connectivity index (χ4v) is 2.08. The van der Waals surface area contributed by atoms with Crippen molar-refractivity contribution >= 4 is 22.8 Å². The van der Waals surface area contributed by atoms with Crippen LogP contribution in [-0.4, -0.2) is 25.9 Å². The summed E-state index contributed by atoms with van der Waals surface area (Å²) in [5.41, 5.74) is 3.21. The third-order valence-electron chi connectivity index (χ3n) is 3.23. The number of carbonyl (C=O) groups is 1. The molecule has 106 valence electrons. The monoisotopic (exact) mass is 281 g/mol. The van der Waals surface area contributed by atoms with Gasteiger partial charge in [0.25, 0.3) is 5.91 Å². The molecule has 1 N–H and O–H groups in total. The highest BCUT2D eigenvalue weighted by Gasteiger charge is 2.10. The van der Waals surface area contributed by atoms with Crippen LogP contribution in [0.25, 0.3) is 11.0 Å². The molecule has 6 nitrogen and oxygen atoms in total. The van der Waals surface area contributed by atoms with E-state index in [0.717, 1.165) is 17.6 Å². The molecule has 0 aliphatic heterocycles. The molecule has 0 bridgehead atoms. The second-order valence-corrected chi connectivity index (χ2v) is 4.78. The van der Waals surface area contributed by atoms with Crippen LogP contribution in [0.3, 0.4) is 0 Å². The topological polar surface area (TPSA) is 72.7 Å². The third kappa shape index (κ3) is 2.60. The molecule has 1 aromatic carbocycles. The zero-order valence-corrected chi connectivity index (χ0v) is 11.9. The molecule has 0 aliphatic carbocycles. The number of rotatable bonds is 3. The number of nitrogens with one attached hydrogen (secondary N) is 1. The first kappa shape index (κ1) is 13.2. The van der Waals surface area contributed by atoms with E-state index in [-0.39, 0.29) is 5.91 Å². The van der Waals surface area contributed by atoms with E-state index >= 15 is 0 Å². The molecule has 2 aromatic heterocycles. The van der Waals surface area contributed by atoms with Gasteiger partial charge >= 0.3 is 0 Å². The van der Waals surface area contributed by atoms with E-state index in [0.29, 0.717) is 16.9 Å². The van der Waals surface area contributed by atoms with Crippen LogP contribution in [-0.2, 0) is 6.54 Å². The Morgan fingerprint density at radius 2 is 2.14 bits per heavy atom. The van der Waals surface area contributed by atoms with Crippen molar-refractivity contribution in [1.82, 2.24) is 20.0 Å². The minimum Gasteiger partial charge on any atom is -0.307 e. The lowest BCUT2D eigenvalue weighted by atomic mass is 10.2. The lowest BCUT2D eigenvalue weighted by molar-refractivity contribution is 0.102. The standard InChI is InChI=1S/C15H15N5O/c1-3-20-13-6-5-11(8-12(13)18-19-20)15(21)17-14-7-4-10(2)9-16-14/h4-9H,3H2,1-2H3,(H,16,17,21).